The molecule has 154 valence electrons. The molecule has 3 rings (SSSR count). The van der Waals surface area contributed by atoms with E-state index in [9.17, 15) is 4.79 Å². The highest BCUT2D eigenvalue weighted by Crippen LogP contribution is 2.45. The van der Waals surface area contributed by atoms with Crippen molar-refractivity contribution in [3.63, 3.8) is 0 Å². The molecular formula is C23H33NO4. The molecule has 0 saturated heterocycles. The van der Waals surface area contributed by atoms with Crippen LogP contribution in [0, 0.1) is 27.7 Å². The Kier molecular flexibility index (Phi) is 6.15. The molecule has 1 aromatic carbocycles. The van der Waals surface area contributed by atoms with Crippen molar-refractivity contribution in [1.82, 2.24) is 5.32 Å². The number of hydrogen-bond donors (Lipinski definition) is 1. The first-order chi connectivity index (χ1) is 13.3. The number of carbonyl (C=O) groups is 1. The molecule has 0 radical (unpaired) electrons. The number of amides is 1. The van der Waals surface area contributed by atoms with E-state index in [1.165, 1.54) is 11.1 Å². The Morgan fingerprint density at radius 3 is 2.32 bits per heavy atom. The van der Waals surface area contributed by atoms with Crippen molar-refractivity contribution in [3.8, 4) is 0 Å². The summed E-state index contributed by atoms with van der Waals surface area (Å²) in [6.45, 7) is 9.63. The Hall–Kier alpha value is -1.85. The second-order valence-corrected chi connectivity index (χ2v) is 8.14. The molecule has 1 saturated carbocycles. The molecule has 5 heteroatoms. The van der Waals surface area contributed by atoms with E-state index in [2.05, 4.69) is 39.1 Å². The molecule has 0 atom stereocenters. The molecule has 1 fully saturated rings. The topological polar surface area (TPSA) is 56.8 Å². The monoisotopic (exact) mass is 387 g/mol. The van der Waals surface area contributed by atoms with Crippen LogP contribution >= 0.6 is 0 Å². The van der Waals surface area contributed by atoms with E-state index in [4.69, 9.17) is 14.2 Å². The predicted octanol–water partition coefficient (Wildman–Crippen LogP) is 3.75. The number of hydrogen-bond acceptors (Lipinski definition) is 4. The Labute approximate surface area is 168 Å². The molecule has 1 N–H and O–H groups in total. The quantitative estimate of drug-likeness (QED) is 0.756. The smallest absolute Gasteiger partial charge is 0.256 e. The molecule has 1 aromatic rings. The lowest BCUT2D eigenvalue weighted by Gasteiger charge is -2.38. The fraction of sp³-hybridized carbons (Fsp3) is 0.609. The van der Waals surface area contributed by atoms with Crippen LogP contribution in [0.15, 0.2) is 11.8 Å². The van der Waals surface area contributed by atoms with E-state index in [0.29, 0.717) is 18.8 Å². The Bertz CT molecular complexity index is 788. The van der Waals surface area contributed by atoms with Crippen molar-refractivity contribution in [2.24, 2.45) is 0 Å². The fourth-order valence-corrected chi connectivity index (χ4v) is 4.77. The maximum atomic E-state index is 13.1. The molecule has 2 aliphatic rings. The summed E-state index contributed by atoms with van der Waals surface area (Å²) in [4.78, 5) is 13.1. The largest absolute Gasteiger partial charge is 0.498 e. The minimum Gasteiger partial charge on any atom is -0.498 e. The molecular weight excluding hydrogens is 354 g/mol. The van der Waals surface area contributed by atoms with Gasteiger partial charge in [0.25, 0.3) is 5.91 Å². The van der Waals surface area contributed by atoms with Gasteiger partial charge in [-0.05, 0) is 81.2 Å². The number of aryl methyl sites for hydroxylation is 2. The first-order valence-electron chi connectivity index (χ1n) is 10.1. The molecule has 28 heavy (non-hydrogen) atoms. The van der Waals surface area contributed by atoms with E-state index in [1.54, 1.807) is 14.2 Å². The van der Waals surface area contributed by atoms with Gasteiger partial charge in [0.05, 0.1) is 37.5 Å². The van der Waals surface area contributed by atoms with E-state index >= 15 is 0 Å². The fourth-order valence-electron chi connectivity index (χ4n) is 4.77. The molecule has 1 aliphatic carbocycles. The van der Waals surface area contributed by atoms with Crippen molar-refractivity contribution >= 4 is 11.5 Å². The summed E-state index contributed by atoms with van der Waals surface area (Å²) < 4.78 is 16.9. The lowest BCUT2D eigenvalue weighted by Crippen LogP contribution is -2.48. The Balaban J connectivity index is 1.93. The zero-order valence-corrected chi connectivity index (χ0v) is 18.0. The summed E-state index contributed by atoms with van der Waals surface area (Å²) in [5.41, 5.74) is 6.07. The van der Waals surface area contributed by atoms with Crippen LogP contribution in [0.1, 0.15) is 53.5 Å². The molecule has 1 aliphatic heterocycles. The summed E-state index contributed by atoms with van der Waals surface area (Å²) in [7, 11) is 3.37. The van der Waals surface area contributed by atoms with Gasteiger partial charge in [-0.25, -0.2) is 0 Å². The summed E-state index contributed by atoms with van der Waals surface area (Å²) in [5, 5.41) is 3.28. The normalized spacial score (nSPS) is 24.8. The summed E-state index contributed by atoms with van der Waals surface area (Å²) >= 11 is 0. The van der Waals surface area contributed by atoms with Gasteiger partial charge < -0.3 is 19.5 Å². The van der Waals surface area contributed by atoms with Gasteiger partial charge >= 0.3 is 0 Å². The van der Waals surface area contributed by atoms with E-state index in [-0.39, 0.29) is 12.0 Å². The lowest BCUT2D eigenvalue weighted by molar-refractivity contribution is -0.116. The second kappa shape index (κ2) is 8.26. The molecule has 0 aromatic heterocycles. The number of nitrogens with one attached hydrogen (secondary N) is 1. The maximum absolute atomic E-state index is 13.1. The molecule has 1 spiro atoms. The van der Waals surface area contributed by atoms with Crippen LogP contribution in [0.25, 0.3) is 5.57 Å². The van der Waals surface area contributed by atoms with E-state index in [1.807, 2.05) is 0 Å². The van der Waals surface area contributed by atoms with Crippen LogP contribution in [0.5, 0.6) is 0 Å². The molecule has 5 nitrogen and oxygen atoms in total. The summed E-state index contributed by atoms with van der Waals surface area (Å²) in [5.74, 6) is 0.771. The van der Waals surface area contributed by atoms with Crippen molar-refractivity contribution in [3.05, 3.63) is 39.6 Å². The number of carbonyl (C=O) groups excluding carboxylic acids is 1. The number of methoxy groups -OCH3 is 2. The van der Waals surface area contributed by atoms with E-state index < -0.39 is 5.54 Å². The molecule has 1 heterocycles. The van der Waals surface area contributed by atoms with Gasteiger partial charge in [0.1, 0.15) is 5.76 Å². The Morgan fingerprint density at radius 1 is 1.04 bits per heavy atom. The highest BCUT2D eigenvalue weighted by Gasteiger charge is 2.49. The summed E-state index contributed by atoms with van der Waals surface area (Å²) in [6, 6.07) is 2.16. The first-order valence-corrected chi connectivity index (χ1v) is 10.1. The van der Waals surface area contributed by atoms with Crippen LogP contribution in [0.4, 0.5) is 0 Å². The average Bonchev–Trinajstić information content (AvgIpc) is 2.93. The van der Waals surface area contributed by atoms with Gasteiger partial charge in [0.15, 0.2) is 0 Å². The third-order valence-electron chi connectivity index (χ3n) is 6.48. The van der Waals surface area contributed by atoms with Gasteiger partial charge in [0, 0.05) is 7.11 Å². The third-order valence-corrected chi connectivity index (χ3v) is 6.48. The molecule has 1 amide bonds. The second-order valence-electron chi connectivity index (χ2n) is 8.14. The summed E-state index contributed by atoms with van der Waals surface area (Å²) in [6.07, 6.45) is 3.66. The van der Waals surface area contributed by atoms with Gasteiger partial charge in [-0.2, -0.15) is 0 Å². The van der Waals surface area contributed by atoms with Crippen molar-refractivity contribution in [2.75, 3.05) is 27.4 Å². The van der Waals surface area contributed by atoms with Gasteiger partial charge in [0.2, 0.25) is 0 Å². The first kappa shape index (κ1) is 20.9. The SMILES string of the molecule is COCCOC1CCC2(CC1)NC(=O)C(c1c(C)cc(C)c(C)c1C)=C2OC. The van der Waals surface area contributed by atoms with E-state index in [0.717, 1.165) is 48.1 Å². The molecule has 0 unspecified atom stereocenters. The number of ether oxygens (including phenoxy) is 3. The zero-order chi connectivity index (χ0) is 20.5. The highest BCUT2D eigenvalue weighted by molar-refractivity contribution is 6.24. The van der Waals surface area contributed by atoms with Gasteiger partial charge in [-0.3, -0.25) is 4.79 Å². The minimum absolute atomic E-state index is 0.0231. The van der Waals surface area contributed by atoms with Crippen LogP contribution in [-0.2, 0) is 19.0 Å². The standard InChI is InChI=1S/C23H33NO4/c1-14-13-15(2)19(17(4)16(14)3)20-21(27-6)23(24-22(20)25)9-7-18(8-10-23)28-12-11-26-5/h13,18H,7-12H2,1-6H3,(H,24,25). The van der Waals surface area contributed by atoms with Crippen LogP contribution < -0.4 is 5.32 Å². The van der Waals surface area contributed by atoms with Crippen molar-refractivity contribution < 1.29 is 19.0 Å². The van der Waals surface area contributed by atoms with Gasteiger partial charge in [-0.15, -0.1) is 0 Å². The van der Waals surface area contributed by atoms with Crippen molar-refractivity contribution in [2.45, 2.75) is 65.0 Å². The number of benzene rings is 1. The zero-order valence-electron chi connectivity index (χ0n) is 18.0. The average molecular weight is 388 g/mol. The van der Waals surface area contributed by atoms with Crippen LogP contribution in [-0.4, -0.2) is 45.0 Å². The lowest BCUT2D eigenvalue weighted by atomic mass is 9.78. The van der Waals surface area contributed by atoms with Crippen molar-refractivity contribution in [1.29, 1.82) is 0 Å². The Morgan fingerprint density at radius 2 is 1.71 bits per heavy atom. The highest BCUT2D eigenvalue weighted by atomic mass is 16.5. The minimum atomic E-state index is -0.417. The van der Waals surface area contributed by atoms with Crippen LogP contribution in [0.3, 0.4) is 0 Å². The van der Waals surface area contributed by atoms with Crippen LogP contribution in [0.2, 0.25) is 0 Å². The third kappa shape index (κ3) is 3.58. The predicted molar refractivity (Wildman–Crippen MR) is 110 cm³/mol. The number of rotatable bonds is 6. The molecule has 0 bridgehead atoms. The maximum Gasteiger partial charge on any atom is 0.256 e. The van der Waals surface area contributed by atoms with Gasteiger partial charge in [-0.1, -0.05) is 6.07 Å².